The van der Waals surface area contributed by atoms with Gasteiger partial charge >= 0.3 is 5.97 Å². The number of hydrogen-bond acceptors (Lipinski definition) is 4. The first-order chi connectivity index (χ1) is 15.7. The van der Waals surface area contributed by atoms with E-state index in [0.717, 1.165) is 11.3 Å². The summed E-state index contributed by atoms with van der Waals surface area (Å²) in [4.78, 5) is 26.1. The van der Waals surface area contributed by atoms with Gasteiger partial charge in [-0.2, -0.15) is 0 Å². The summed E-state index contributed by atoms with van der Waals surface area (Å²) in [5.41, 5.74) is 2.97. The summed E-state index contributed by atoms with van der Waals surface area (Å²) in [5, 5.41) is 24.1. The zero-order chi connectivity index (χ0) is 24.0. The van der Waals surface area contributed by atoms with Crippen LogP contribution in [0.1, 0.15) is 56.6 Å². The Labute approximate surface area is 200 Å². The van der Waals surface area contributed by atoms with Gasteiger partial charge in [-0.15, -0.1) is 0 Å². The van der Waals surface area contributed by atoms with Gasteiger partial charge in [0.2, 0.25) is 5.91 Å². The van der Waals surface area contributed by atoms with Gasteiger partial charge in [0.05, 0.1) is 12.1 Å². The molecule has 33 heavy (non-hydrogen) atoms. The molecule has 1 saturated carbocycles. The monoisotopic (exact) mass is 472 g/mol. The number of rotatable bonds is 8. The molecule has 6 nitrogen and oxygen atoms in total. The third kappa shape index (κ3) is 7.21. The van der Waals surface area contributed by atoms with E-state index in [9.17, 15) is 19.8 Å². The molecular weight excluding hydrogens is 440 g/mol. The van der Waals surface area contributed by atoms with Crippen molar-refractivity contribution in [2.45, 2.75) is 64.1 Å². The number of amides is 1. The van der Waals surface area contributed by atoms with Gasteiger partial charge in [-0.05, 0) is 67.0 Å². The van der Waals surface area contributed by atoms with E-state index in [1.165, 1.54) is 10.5 Å². The first-order valence-electron chi connectivity index (χ1n) is 11.5. The van der Waals surface area contributed by atoms with Crippen molar-refractivity contribution in [3.8, 4) is 0 Å². The lowest BCUT2D eigenvalue weighted by Gasteiger charge is -2.26. The van der Waals surface area contributed by atoms with Crippen LogP contribution in [-0.2, 0) is 16.1 Å². The van der Waals surface area contributed by atoms with E-state index >= 15 is 0 Å². The summed E-state index contributed by atoms with van der Waals surface area (Å²) >= 11 is 6.05. The van der Waals surface area contributed by atoms with Crippen LogP contribution in [0, 0.1) is 5.92 Å². The highest BCUT2D eigenvalue weighted by Crippen LogP contribution is 2.29. The first-order valence-corrected chi connectivity index (χ1v) is 11.9. The number of aliphatic hydroxyl groups excluding tert-OH is 1. The second-order valence-electron chi connectivity index (χ2n) is 9.17. The number of carbonyl (C=O) groups excluding carboxylic acids is 1. The van der Waals surface area contributed by atoms with Gasteiger partial charge in [-0.3, -0.25) is 9.59 Å². The highest BCUT2D eigenvalue weighted by atomic mass is 35.5. The summed E-state index contributed by atoms with van der Waals surface area (Å²) in [6.45, 7) is 4.10. The fourth-order valence-electron chi connectivity index (χ4n) is 4.40. The fraction of sp³-hybridized carbons (Fsp3) is 0.462. The zero-order valence-electron chi connectivity index (χ0n) is 19.2. The second-order valence-corrected chi connectivity index (χ2v) is 9.60. The summed E-state index contributed by atoms with van der Waals surface area (Å²) in [7, 11) is 0. The van der Waals surface area contributed by atoms with E-state index in [0.29, 0.717) is 36.6 Å². The zero-order valence-corrected chi connectivity index (χ0v) is 20.0. The number of carboxylic acid groups (broad SMARTS) is 1. The predicted octanol–water partition coefficient (Wildman–Crippen LogP) is 4.91. The molecule has 0 heterocycles. The minimum Gasteiger partial charge on any atom is -0.480 e. The molecule has 178 valence electrons. The third-order valence-corrected chi connectivity index (χ3v) is 6.49. The molecule has 1 aliphatic carbocycles. The van der Waals surface area contributed by atoms with Gasteiger partial charge in [0.1, 0.15) is 6.54 Å². The highest BCUT2D eigenvalue weighted by molar-refractivity contribution is 6.30. The molecule has 0 aromatic heterocycles. The van der Waals surface area contributed by atoms with E-state index in [1.807, 2.05) is 18.2 Å². The topological polar surface area (TPSA) is 89.9 Å². The average Bonchev–Trinajstić information content (AvgIpc) is 2.94. The van der Waals surface area contributed by atoms with Crippen LogP contribution in [0.15, 0.2) is 48.5 Å². The SMILES string of the molecule is CC(C)c1cccc(N[C@H]2CC[C@@H](C(=O)N(CC(=O)O)Cc3cccc(Cl)c3)CC[C@@H]2O)c1. The smallest absolute Gasteiger partial charge is 0.323 e. The molecule has 3 atom stereocenters. The Morgan fingerprint density at radius 2 is 1.82 bits per heavy atom. The van der Waals surface area contributed by atoms with Crippen LogP contribution in [0.2, 0.25) is 5.02 Å². The molecule has 3 N–H and O–H groups in total. The summed E-state index contributed by atoms with van der Waals surface area (Å²) in [6.07, 6.45) is 1.64. The second kappa shape index (κ2) is 11.5. The van der Waals surface area contributed by atoms with Crippen LogP contribution in [0.25, 0.3) is 0 Å². The Balaban J connectivity index is 1.68. The van der Waals surface area contributed by atoms with Gasteiger partial charge < -0.3 is 20.4 Å². The number of aliphatic hydroxyl groups is 1. The molecule has 1 aliphatic rings. The molecule has 7 heteroatoms. The van der Waals surface area contributed by atoms with E-state index in [-0.39, 0.29) is 31.0 Å². The number of carboxylic acids is 1. The lowest BCUT2D eigenvalue weighted by atomic mass is 9.98. The Hall–Kier alpha value is -2.57. The van der Waals surface area contributed by atoms with Gasteiger partial charge in [-0.25, -0.2) is 0 Å². The van der Waals surface area contributed by atoms with Crippen molar-refractivity contribution in [3.05, 3.63) is 64.7 Å². The predicted molar refractivity (Wildman–Crippen MR) is 130 cm³/mol. The molecule has 0 aliphatic heterocycles. The Bertz CT molecular complexity index is 965. The van der Waals surface area contributed by atoms with E-state index in [2.05, 4.69) is 31.3 Å². The Morgan fingerprint density at radius 3 is 2.52 bits per heavy atom. The van der Waals surface area contributed by atoms with Crippen molar-refractivity contribution < 1.29 is 19.8 Å². The minimum absolute atomic E-state index is 0.161. The quantitative estimate of drug-likeness (QED) is 0.475. The molecule has 0 bridgehead atoms. The maximum Gasteiger partial charge on any atom is 0.323 e. The molecular formula is C26H33ClN2O4. The standard InChI is InChI=1S/C26H33ClN2O4/c1-17(2)20-6-4-8-22(14-20)28-23-11-9-19(10-12-24(23)30)26(33)29(16-25(31)32)15-18-5-3-7-21(27)13-18/h3-8,13-14,17,19,23-24,28,30H,9-12,15-16H2,1-2H3,(H,31,32)/t19-,23+,24+/m1/s1. The van der Waals surface area contributed by atoms with Gasteiger partial charge in [-0.1, -0.05) is 49.7 Å². The van der Waals surface area contributed by atoms with Crippen molar-refractivity contribution >= 4 is 29.2 Å². The number of nitrogens with zero attached hydrogens (tertiary/aromatic N) is 1. The molecule has 1 amide bonds. The molecule has 0 spiro atoms. The lowest BCUT2D eigenvalue weighted by molar-refractivity contribution is -0.147. The minimum atomic E-state index is -1.05. The maximum atomic E-state index is 13.3. The van der Waals surface area contributed by atoms with Crippen LogP contribution < -0.4 is 5.32 Å². The van der Waals surface area contributed by atoms with Crippen molar-refractivity contribution in [3.63, 3.8) is 0 Å². The van der Waals surface area contributed by atoms with Crippen molar-refractivity contribution in [1.29, 1.82) is 0 Å². The normalized spacial score (nSPS) is 20.8. The first kappa shape index (κ1) is 25.1. The number of carbonyl (C=O) groups is 2. The number of nitrogens with one attached hydrogen (secondary N) is 1. The molecule has 3 rings (SSSR count). The molecule has 0 unspecified atom stereocenters. The van der Waals surface area contributed by atoms with Crippen molar-refractivity contribution in [2.24, 2.45) is 5.92 Å². The van der Waals surface area contributed by atoms with Crippen LogP contribution >= 0.6 is 11.6 Å². The van der Waals surface area contributed by atoms with Crippen LogP contribution in [0.5, 0.6) is 0 Å². The third-order valence-electron chi connectivity index (χ3n) is 6.26. The van der Waals surface area contributed by atoms with Gasteiger partial charge in [0, 0.05) is 23.2 Å². The van der Waals surface area contributed by atoms with Crippen molar-refractivity contribution in [1.82, 2.24) is 4.90 Å². The molecule has 1 fully saturated rings. The molecule has 2 aromatic carbocycles. The highest BCUT2D eigenvalue weighted by Gasteiger charge is 2.32. The Kier molecular flexibility index (Phi) is 8.75. The number of anilines is 1. The van der Waals surface area contributed by atoms with Gasteiger partial charge in [0.25, 0.3) is 0 Å². The number of halogens is 1. The van der Waals surface area contributed by atoms with E-state index in [1.54, 1.807) is 18.2 Å². The maximum absolute atomic E-state index is 13.3. The molecule has 0 radical (unpaired) electrons. The number of benzene rings is 2. The molecule has 2 aromatic rings. The van der Waals surface area contributed by atoms with Crippen LogP contribution in [-0.4, -0.2) is 45.7 Å². The van der Waals surface area contributed by atoms with E-state index in [4.69, 9.17) is 11.6 Å². The van der Waals surface area contributed by atoms with Crippen LogP contribution in [0.4, 0.5) is 5.69 Å². The summed E-state index contributed by atoms with van der Waals surface area (Å²) in [5.74, 6) is -1.16. The molecule has 0 saturated heterocycles. The largest absolute Gasteiger partial charge is 0.480 e. The number of hydrogen-bond donors (Lipinski definition) is 3. The van der Waals surface area contributed by atoms with Gasteiger partial charge in [0.15, 0.2) is 0 Å². The van der Waals surface area contributed by atoms with E-state index < -0.39 is 12.1 Å². The summed E-state index contributed by atoms with van der Waals surface area (Å²) in [6, 6.07) is 15.1. The lowest BCUT2D eigenvalue weighted by Crippen LogP contribution is -2.39. The van der Waals surface area contributed by atoms with Crippen LogP contribution in [0.3, 0.4) is 0 Å². The number of aliphatic carboxylic acids is 1. The fourth-order valence-corrected chi connectivity index (χ4v) is 4.61. The average molecular weight is 473 g/mol. The van der Waals surface area contributed by atoms with Crippen molar-refractivity contribution in [2.75, 3.05) is 11.9 Å². The summed E-state index contributed by atoms with van der Waals surface area (Å²) < 4.78 is 0. The Morgan fingerprint density at radius 1 is 1.09 bits per heavy atom.